The monoisotopic (exact) mass is 307 g/mol. The van der Waals surface area contributed by atoms with Crippen molar-refractivity contribution in [3.8, 4) is 0 Å². The summed E-state index contributed by atoms with van der Waals surface area (Å²) >= 11 is 0. The van der Waals surface area contributed by atoms with Gasteiger partial charge in [0.2, 0.25) is 5.91 Å². The Labute approximate surface area is 129 Å². The number of rotatable bonds is 5. The molecule has 0 bridgehead atoms. The summed E-state index contributed by atoms with van der Waals surface area (Å²) in [5.74, 6) is -0.346. The molecule has 22 heavy (non-hydrogen) atoms. The summed E-state index contributed by atoms with van der Waals surface area (Å²) in [6, 6.07) is 5.81. The van der Waals surface area contributed by atoms with Crippen molar-refractivity contribution in [2.24, 2.45) is 0 Å². The van der Waals surface area contributed by atoms with Crippen LogP contribution in [0.25, 0.3) is 0 Å². The Morgan fingerprint density at radius 1 is 1.32 bits per heavy atom. The molecule has 0 aromatic heterocycles. The summed E-state index contributed by atoms with van der Waals surface area (Å²) in [7, 11) is 0. The Balaban J connectivity index is 1.67. The van der Waals surface area contributed by atoms with Gasteiger partial charge in [0.15, 0.2) is 0 Å². The quantitative estimate of drug-likeness (QED) is 0.725. The minimum absolute atomic E-state index is 0.126. The predicted octanol–water partition coefficient (Wildman–Crippen LogP) is 1.73. The third-order valence-corrected chi connectivity index (χ3v) is 3.71. The lowest BCUT2D eigenvalue weighted by atomic mass is 10.1. The van der Waals surface area contributed by atoms with Gasteiger partial charge in [-0.05, 0) is 43.7 Å². The van der Waals surface area contributed by atoms with Gasteiger partial charge in [0, 0.05) is 13.1 Å². The maximum absolute atomic E-state index is 13.4. The largest absolute Gasteiger partial charge is 0.354 e. The molecule has 1 aliphatic heterocycles. The maximum atomic E-state index is 13.4. The first-order valence-corrected chi connectivity index (χ1v) is 7.72. The average Bonchev–Trinajstić information content (AvgIpc) is 2.70. The minimum Gasteiger partial charge on any atom is -0.354 e. The van der Waals surface area contributed by atoms with E-state index in [1.807, 2.05) is 0 Å². The van der Waals surface area contributed by atoms with Crippen molar-refractivity contribution in [3.05, 3.63) is 35.6 Å². The molecule has 120 valence electrons. The zero-order valence-corrected chi connectivity index (χ0v) is 12.5. The van der Waals surface area contributed by atoms with E-state index >= 15 is 0 Å². The molecule has 1 heterocycles. The number of hydrogen-bond donors (Lipinski definition) is 3. The molecular formula is C16H22FN3O2. The zero-order valence-electron chi connectivity index (χ0n) is 12.5. The highest BCUT2D eigenvalue weighted by Crippen LogP contribution is 2.08. The van der Waals surface area contributed by atoms with Crippen molar-refractivity contribution in [1.29, 1.82) is 0 Å². The van der Waals surface area contributed by atoms with Crippen molar-refractivity contribution in [1.82, 2.24) is 16.0 Å². The van der Waals surface area contributed by atoms with Crippen LogP contribution in [0.2, 0.25) is 0 Å². The lowest BCUT2D eigenvalue weighted by Gasteiger charge is -2.15. The van der Waals surface area contributed by atoms with Crippen LogP contribution in [0.4, 0.5) is 9.18 Å². The topological polar surface area (TPSA) is 70.2 Å². The van der Waals surface area contributed by atoms with E-state index in [1.54, 1.807) is 18.2 Å². The van der Waals surface area contributed by atoms with E-state index in [1.165, 1.54) is 6.07 Å². The molecule has 2 rings (SSSR count). The molecule has 0 unspecified atom stereocenters. The standard InChI is InChI=1S/C16H22FN3O2/c17-13-8-2-1-6-12(13)7-5-11-19-16(22)20-14-9-3-4-10-18-15(14)21/h1-2,6,8,14H,3-5,7,9-11H2,(H,18,21)(H2,19,20,22)/t14-/m1/s1. The smallest absolute Gasteiger partial charge is 0.315 e. The lowest BCUT2D eigenvalue weighted by molar-refractivity contribution is -0.122. The first-order valence-electron chi connectivity index (χ1n) is 7.72. The molecule has 0 saturated carbocycles. The van der Waals surface area contributed by atoms with Gasteiger partial charge in [-0.1, -0.05) is 18.2 Å². The van der Waals surface area contributed by atoms with E-state index < -0.39 is 6.04 Å². The highest BCUT2D eigenvalue weighted by Gasteiger charge is 2.21. The number of urea groups is 1. The van der Waals surface area contributed by atoms with Gasteiger partial charge in [-0.15, -0.1) is 0 Å². The summed E-state index contributed by atoms with van der Waals surface area (Å²) in [5, 5.41) is 8.16. The van der Waals surface area contributed by atoms with Crippen LogP contribution in [0.5, 0.6) is 0 Å². The summed E-state index contributed by atoms with van der Waals surface area (Å²) in [5.41, 5.74) is 0.646. The van der Waals surface area contributed by atoms with Crippen LogP contribution in [0.1, 0.15) is 31.2 Å². The van der Waals surface area contributed by atoms with Gasteiger partial charge < -0.3 is 16.0 Å². The lowest BCUT2D eigenvalue weighted by Crippen LogP contribution is -2.49. The van der Waals surface area contributed by atoms with Gasteiger partial charge in [-0.2, -0.15) is 0 Å². The summed E-state index contributed by atoms with van der Waals surface area (Å²) in [6.45, 7) is 1.11. The fourth-order valence-electron chi connectivity index (χ4n) is 2.47. The Morgan fingerprint density at radius 3 is 2.95 bits per heavy atom. The van der Waals surface area contributed by atoms with E-state index in [2.05, 4.69) is 16.0 Å². The van der Waals surface area contributed by atoms with Gasteiger partial charge in [0.1, 0.15) is 11.9 Å². The van der Waals surface area contributed by atoms with Gasteiger partial charge >= 0.3 is 6.03 Å². The number of benzene rings is 1. The summed E-state index contributed by atoms with van der Waals surface area (Å²) in [6.07, 6.45) is 3.72. The van der Waals surface area contributed by atoms with Crippen LogP contribution in [-0.2, 0) is 11.2 Å². The fourth-order valence-corrected chi connectivity index (χ4v) is 2.47. The minimum atomic E-state index is -0.464. The van der Waals surface area contributed by atoms with Gasteiger partial charge in [0.05, 0.1) is 0 Å². The molecule has 0 radical (unpaired) electrons. The van der Waals surface area contributed by atoms with Crippen LogP contribution in [0, 0.1) is 5.82 Å². The first kappa shape index (κ1) is 16.3. The van der Waals surface area contributed by atoms with E-state index in [0.717, 1.165) is 12.8 Å². The average molecular weight is 307 g/mol. The molecule has 3 N–H and O–H groups in total. The van der Waals surface area contributed by atoms with Crippen molar-refractivity contribution < 1.29 is 14.0 Å². The molecule has 1 atom stereocenters. The Hall–Kier alpha value is -2.11. The van der Waals surface area contributed by atoms with Crippen molar-refractivity contribution in [2.45, 2.75) is 38.1 Å². The fraction of sp³-hybridized carbons (Fsp3) is 0.500. The number of carbonyl (C=O) groups excluding carboxylic acids is 2. The number of hydrogen-bond acceptors (Lipinski definition) is 2. The maximum Gasteiger partial charge on any atom is 0.315 e. The molecule has 0 spiro atoms. The molecule has 1 aromatic carbocycles. The number of halogens is 1. The molecule has 1 saturated heterocycles. The van der Waals surface area contributed by atoms with Crippen molar-refractivity contribution in [2.75, 3.05) is 13.1 Å². The van der Waals surface area contributed by atoms with Gasteiger partial charge in [-0.3, -0.25) is 4.79 Å². The van der Waals surface area contributed by atoms with E-state index in [-0.39, 0.29) is 17.8 Å². The Morgan fingerprint density at radius 2 is 2.14 bits per heavy atom. The second-order valence-corrected chi connectivity index (χ2v) is 5.43. The number of carbonyl (C=O) groups is 2. The zero-order chi connectivity index (χ0) is 15.8. The Kier molecular flexibility index (Phi) is 6.18. The summed E-state index contributed by atoms with van der Waals surface area (Å²) in [4.78, 5) is 23.5. The second kappa shape index (κ2) is 8.36. The van der Waals surface area contributed by atoms with Crippen LogP contribution in [-0.4, -0.2) is 31.1 Å². The van der Waals surface area contributed by atoms with Gasteiger partial charge in [0.25, 0.3) is 0 Å². The van der Waals surface area contributed by atoms with Crippen LogP contribution in [0.3, 0.4) is 0 Å². The molecular weight excluding hydrogens is 285 g/mol. The highest BCUT2D eigenvalue weighted by atomic mass is 19.1. The highest BCUT2D eigenvalue weighted by molar-refractivity contribution is 5.87. The number of nitrogens with one attached hydrogen (secondary N) is 3. The molecule has 3 amide bonds. The molecule has 0 aliphatic carbocycles. The van der Waals surface area contributed by atoms with Crippen molar-refractivity contribution >= 4 is 11.9 Å². The molecule has 1 aliphatic rings. The SMILES string of the molecule is O=C(NCCCc1ccccc1F)N[C@@H]1CCCCNC1=O. The van der Waals surface area contributed by atoms with E-state index in [4.69, 9.17) is 0 Å². The van der Waals surface area contributed by atoms with Crippen LogP contribution >= 0.6 is 0 Å². The molecule has 6 heteroatoms. The van der Waals surface area contributed by atoms with Crippen molar-refractivity contribution in [3.63, 3.8) is 0 Å². The Bertz CT molecular complexity index is 522. The van der Waals surface area contributed by atoms with E-state index in [0.29, 0.717) is 37.9 Å². The summed E-state index contributed by atoms with van der Waals surface area (Å²) < 4.78 is 13.4. The number of aryl methyl sites for hydroxylation is 1. The molecule has 5 nitrogen and oxygen atoms in total. The normalized spacial score (nSPS) is 18.2. The third-order valence-electron chi connectivity index (χ3n) is 3.71. The van der Waals surface area contributed by atoms with E-state index in [9.17, 15) is 14.0 Å². The first-order chi connectivity index (χ1) is 10.7. The van der Waals surface area contributed by atoms with Gasteiger partial charge in [-0.25, -0.2) is 9.18 Å². The number of amides is 3. The predicted molar refractivity (Wildman–Crippen MR) is 81.9 cm³/mol. The molecule has 1 aromatic rings. The third kappa shape index (κ3) is 5.02. The van der Waals surface area contributed by atoms with Crippen LogP contribution in [0.15, 0.2) is 24.3 Å². The second-order valence-electron chi connectivity index (χ2n) is 5.43. The molecule has 1 fully saturated rings. The van der Waals surface area contributed by atoms with Crippen LogP contribution < -0.4 is 16.0 Å².